The van der Waals surface area contributed by atoms with Crippen molar-refractivity contribution in [3.63, 3.8) is 0 Å². The molecule has 2 nitrogen and oxygen atoms in total. The molecule has 2 heterocycles. The molecule has 0 fully saturated rings. The Kier molecular flexibility index (Phi) is 6.63. The van der Waals surface area contributed by atoms with Crippen LogP contribution >= 0.6 is 24.0 Å². The molecular formula is C35H36IN2+. The Labute approximate surface area is 243 Å². The highest BCUT2D eigenvalue weighted by Crippen LogP contribution is 2.50. The van der Waals surface area contributed by atoms with Gasteiger partial charge >= 0.3 is 0 Å². The second kappa shape index (κ2) is 9.53. The Bertz CT molecular complexity index is 1700. The quantitative estimate of drug-likeness (QED) is 0.127. The van der Waals surface area contributed by atoms with Crippen LogP contribution in [0.5, 0.6) is 0 Å². The third-order valence-corrected chi connectivity index (χ3v) is 8.52. The largest absolute Gasteiger partial charge is 0.347 e. The summed E-state index contributed by atoms with van der Waals surface area (Å²) in [7, 11) is 4.37. The van der Waals surface area contributed by atoms with Crippen molar-refractivity contribution >= 4 is 62.6 Å². The van der Waals surface area contributed by atoms with Gasteiger partial charge in [-0.15, -0.1) is 24.0 Å². The summed E-state index contributed by atoms with van der Waals surface area (Å²) in [6, 6.07) is 26.4. The van der Waals surface area contributed by atoms with E-state index < -0.39 is 0 Å². The normalized spacial score (nSPS) is 18.7. The van der Waals surface area contributed by atoms with Gasteiger partial charge < -0.3 is 4.90 Å². The van der Waals surface area contributed by atoms with Gasteiger partial charge in [0.05, 0.1) is 5.41 Å². The van der Waals surface area contributed by atoms with Crippen molar-refractivity contribution < 1.29 is 4.58 Å². The summed E-state index contributed by atoms with van der Waals surface area (Å²) < 4.78 is 2.35. The summed E-state index contributed by atoms with van der Waals surface area (Å²) in [5, 5.41) is 5.30. The highest BCUT2D eigenvalue weighted by molar-refractivity contribution is 14.0. The first-order chi connectivity index (χ1) is 17.7. The van der Waals surface area contributed by atoms with Gasteiger partial charge in [-0.25, -0.2) is 0 Å². The standard InChI is InChI=1S/C35H35N2.HI/c1-34(2)30(36(5)28-22-20-24-14-10-12-16-26(24)32(28)34)18-8-7-9-19-31-35(3,4)33-27-17-13-11-15-25(27)21-23-29(33)37(31)6;/h7-23H,1-6H3;1H/q+1;. The molecule has 0 aromatic heterocycles. The molecule has 0 spiro atoms. The number of rotatable bonds is 3. The van der Waals surface area contributed by atoms with Crippen LogP contribution in [-0.2, 0) is 10.8 Å². The van der Waals surface area contributed by atoms with E-state index in [1.165, 1.54) is 55.5 Å². The van der Waals surface area contributed by atoms with E-state index in [0.717, 1.165) is 0 Å². The van der Waals surface area contributed by atoms with Crippen LogP contribution in [0.2, 0.25) is 0 Å². The van der Waals surface area contributed by atoms with Crippen molar-refractivity contribution in [3.05, 3.63) is 120 Å². The predicted octanol–water partition coefficient (Wildman–Crippen LogP) is 9.04. The fourth-order valence-corrected chi connectivity index (χ4v) is 6.74. The first-order valence-electron chi connectivity index (χ1n) is 13.2. The lowest BCUT2D eigenvalue weighted by Crippen LogP contribution is -2.26. The van der Waals surface area contributed by atoms with Gasteiger partial charge in [0, 0.05) is 41.6 Å². The molecule has 6 rings (SSSR count). The maximum atomic E-state index is 2.35. The maximum Gasteiger partial charge on any atom is 0.210 e. The Hall–Kier alpha value is -3.18. The zero-order chi connectivity index (χ0) is 25.9. The minimum atomic E-state index is -0.0654. The van der Waals surface area contributed by atoms with Crippen molar-refractivity contribution in [2.24, 2.45) is 0 Å². The second-order valence-electron chi connectivity index (χ2n) is 11.4. The fourth-order valence-electron chi connectivity index (χ4n) is 6.74. The fraction of sp³-hybridized carbons (Fsp3) is 0.229. The lowest BCUT2D eigenvalue weighted by molar-refractivity contribution is -0.401. The minimum Gasteiger partial charge on any atom is -0.347 e. The second-order valence-corrected chi connectivity index (χ2v) is 11.4. The summed E-state index contributed by atoms with van der Waals surface area (Å²) in [6.07, 6.45) is 11.1. The van der Waals surface area contributed by atoms with Crippen molar-refractivity contribution in [2.75, 3.05) is 19.0 Å². The first-order valence-corrected chi connectivity index (χ1v) is 13.2. The van der Waals surface area contributed by atoms with Crippen molar-refractivity contribution in [1.82, 2.24) is 0 Å². The summed E-state index contributed by atoms with van der Waals surface area (Å²) in [4.78, 5) is 2.35. The van der Waals surface area contributed by atoms with Crippen LogP contribution in [0.3, 0.4) is 0 Å². The maximum absolute atomic E-state index is 2.35. The summed E-state index contributed by atoms with van der Waals surface area (Å²) in [5.41, 5.74) is 7.93. The highest BCUT2D eigenvalue weighted by atomic mass is 127. The molecule has 0 radical (unpaired) electrons. The molecule has 0 aliphatic carbocycles. The van der Waals surface area contributed by atoms with Gasteiger partial charge in [0.25, 0.3) is 0 Å². The third kappa shape index (κ3) is 3.86. The molecule has 4 aromatic carbocycles. The van der Waals surface area contributed by atoms with Gasteiger partial charge in [-0.05, 0) is 59.2 Å². The van der Waals surface area contributed by atoms with Crippen LogP contribution in [0.1, 0.15) is 38.8 Å². The third-order valence-electron chi connectivity index (χ3n) is 8.52. The van der Waals surface area contributed by atoms with Crippen molar-refractivity contribution in [1.29, 1.82) is 0 Å². The van der Waals surface area contributed by atoms with E-state index in [0.29, 0.717) is 0 Å². The van der Waals surface area contributed by atoms with E-state index in [-0.39, 0.29) is 34.8 Å². The molecule has 0 N–H and O–H groups in total. The number of halogens is 1. The Morgan fingerprint density at radius 3 is 1.97 bits per heavy atom. The smallest absolute Gasteiger partial charge is 0.210 e. The van der Waals surface area contributed by atoms with E-state index in [9.17, 15) is 0 Å². The lowest BCUT2D eigenvalue weighted by Gasteiger charge is -2.24. The highest BCUT2D eigenvalue weighted by Gasteiger charge is 2.44. The van der Waals surface area contributed by atoms with Crippen LogP contribution < -0.4 is 4.90 Å². The van der Waals surface area contributed by atoms with Crippen LogP contribution in [0.15, 0.2) is 109 Å². The van der Waals surface area contributed by atoms with E-state index in [1.807, 2.05) is 0 Å². The monoisotopic (exact) mass is 611 g/mol. The number of benzene rings is 4. The number of anilines is 1. The summed E-state index contributed by atoms with van der Waals surface area (Å²) >= 11 is 0. The average molecular weight is 612 g/mol. The van der Waals surface area contributed by atoms with Crippen molar-refractivity contribution in [2.45, 2.75) is 38.5 Å². The number of allylic oxidation sites excluding steroid dienone is 6. The SMILES string of the molecule is CN1/C(=C/C=C/C=C/C2=[N+](C)c3ccc4ccccc4c3C2(C)C)C(C)(C)c2c1ccc1ccccc21.I. The predicted molar refractivity (Wildman–Crippen MR) is 175 cm³/mol. The zero-order valence-electron chi connectivity index (χ0n) is 23.1. The number of fused-ring (bicyclic) bond motifs is 6. The van der Waals surface area contributed by atoms with Gasteiger partial charge in [-0.3, -0.25) is 0 Å². The van der Waals surface area contributed by atoms with E-state index >= 15 is 0 Å². The molecule has 0 unspecified atom stereocenters. The van der Waals surface area contributed by atoms with Crippen LogP contribution in [0, 0.1) is 0 Å². The molecule has 3 heteroatoms. The van der Waals surface area contributed by atoms with Crippen LogP contribution in [-0.4, -0.2) is 24.4 Å². The molecule has 4 aromatic rings. The topological polar surface area (TPSA) is 6.25 Å². The number of nitrogens with zero attached hydrogens (tertiary/aromatic N) is 2. The number of hydrogen-bond donors (Lipinski definition) is 0. The van der Waals surface area contributed by atoms with Gasteiger partial charge in [-0.1, -0.05) is 86.7 Å². The first kappa shape index (κ1) is 26.4. The molecular weight excluding hydrogens is 575 g/mol. The van der Waals surface area contributed by atoms with Gasteiger partial charge in [-0.2, -0.15) is 4.58 Å². The molecule has 38 heavy (non-hydrogen) atoms. The van der Waals surface area contributed by atoms with Crippen LogP contribution in [0.4, 0.5) is 11.4 Å². The zero-order valence-corrected chi connectivity index (χ0v) is 25.4. The summed E-state index contributed by atoms with van der Waals surface area (Å²) in [5.74, 6) is 0. The molecule has 0 amide bonds. The van der Waals surface area contributed by atoms with Crippen molar-refractivity contribution in [3.8, 4) is 0 Å². The van der Waals surface area contributed by atoms with E-state index in [2.05, 4.69) is 154 Å². The Morgan fingerprint density at radius 1 is 0.684 bits per heavy atom. The van der Waals surface area contributed by atoms with Gasteiger partial charge in [0.1, 0.15) is 7.05 Å². The number of hydrogen-bond acceptors (Lipinski definition) is 1. The van der Waals surface area contributed by atoms with Gasteiger partial charge in [0.15, 0.2) is 5.71 Å². The molecule has 0 atom stereocenters. The average Bonchev–Trinajstić information content (AvgIpc) is 3.21. The van der Waals surface area contributed by atoms with Crippen LogP contribution in [0.25, 0.3) is 21.5 Å². The Balaban J connectivity index is 0.00000294. The van der Waals surface area contributed by atoms with Gasteiger partial charge in [0.2, 0.25) is 5.69 Å². The minimum absolute atomic E-state index is 0. The molecule has 2 aliphatic heterocycles. The Morgan fingerprint density at radius 2 is 1.29 bits per heavy atom. The number of likely N-dealkylation sites (N-methyl/N-ethyl adjacent to an activating group) is 1. The lowest BCUT2D eigenvalue weighted by atomic mass is 9.79. The molecule has 192 valence electrons. The molecule has 2 aliphatic rings. The molecule has 0 bridgehead atoms. The summed E-state index contributed by atoms with van der Waals surface area (Å²) in [6.45, 7) is 9.35. The van der Waals surface area contributed by atoms with E-state index in [4.69, 9.17) is 0 Å². The molecule has 0 saturated carbocycles. The van der Waals surface area contributed by atoms with E-state index in [1.54, 1.807) is 0 Å². The molecule has 0 saturated heterocycles.